The lowest BCUT2D eigenvalue weighted by atomic mass is 9.97. The first-order chi connectivity index (χ1) is 10.8. The summed E-state index contributed by atoms with van der Waals surface area (Å²) in [7, 11) is 1.60. The summed E-state index contributed by atoms with van der Waals surface area (Å²) in [6.45, 7) is 3.09. The van der Waals surface area contributed by atoms with Crippen LogP contribution in [-0.4, -0.2) is 30.9 Å². The molecule has 0 aromatic heterocycles. The zero-order chi connectivity index (χ0) is 15.4. The summed E-state index contributed by atoms with van der Waals surface area (Å²) < 4.78 is 5.33. The lowest BCUT2D eigenvalue weighted by Crippen LogP contribution is -2.20. The lowest BCUT2D eigenvalue weighted by molar-refractivity contribution is 0.103. The van der Waals surface area contributed by atoms with Crippen LogP contribution in [0.4, 0.5) is 0 Å². The third kappa shape index (κ3) is 3.04. The van der Waals surface area contributed by atoms with Crippen molar-refractivity contribution in [2.45, 2.75) is 19.4 Å². The fourth-order valence-corrected chi connectivity index (χ4v) is 3.04. The van der Waals surface area contributed by atoms with Crippen molar-refractivity contribution in [1.29, 1.82) is 0 Å². The summed E-state index contributed by atoms with van der Waals surface area (Å²) in [5.74, 6) is 0.663. The molecule has 2 aromatic carbocycles. The molecule has 114 valence electrons. The summed E-state index contributed by atoms with van der Waals surface area (Å²) in [6, 6.07) is 15.3. The third-order valence-corrected chi connectivity index (χ3v) is 4.21. The third-order valence-electron chi connectivity index (χ3n) is 4.21. The SMILES string of the molecule is COc1ccccc1C(=O)c1ccccc1CN1CCCC1. The first-order valence-electron chi connectivity index (χ1n) is 7.77. The van der Waals surface area contributed by atoms with Gasteiger partial charge < -0.3 is 4.74 Å². The average molecular weight is 295 g/mol. The van der Waals surface area contributed by atoms with Crippen LogP contribution in [0.5, 0.6) is 5.75 Å². The maximum absolute atomic E-state index is 12.9. The molecule has 1 saturated heterocycles. The van der Waals surface area contributed by atoms with E-state index < -0.39 is 0 Å². The number of carbonyl (C=O) groups excluding carboxylic acids is 1. The molecular weight excluding hydrogens is 274 g/mol. The molecule has 0 unspecified atom stereocenters. The largest absolute Gasteiger partial charge is 0.496 e. The maximum Gasteiger partial charge on any atom is 0.197 e. The van der Waals surface area contributed by atoms with Crippen LogP contribution < -0.4 is 4.74 Å². The minimum Gasteiger partial charge on any atom is -0.496 e. The van der Waals surface area contributed by atoms with Crippen molar-refractivity contribution in [3.05, 3.63) is 65.2 Å². The van der Waals surface area contributed by atoms with Crippen molar-refractivity contribution in [3.63, 3.8) is 0 Å². The van der Waals surface area contributed by atoms with Crippen LogP contribution >= 0.6 is 0 Å². The maximum atomic E-state index is 12.9. The van der Waals surface area contributed by atoms with E-state index in [-0.39, 0.29) is 5.78 Å². The van der Waals surface area contributed by atoms with Crippen LogP contribution in [0.3, 0.4) is 0 Å². The van der Waals surface area contributed by atoms with Crippen LogP contribution in [0.2, 0.25) is 0 Å². The fraction of sp³-hybridized carbons (Fsp3) is 0.316. The Kier molecular flexibility index (Phi) is 4.54. The van der Waals surface area contributed by atoms with Gasteiger partial charge in [-0.25, -0.2) is 0 Å². The van der Waals surface area contributed by atoms with Gasteiger partial charge in [-0.15, -0.1) is 0 Å². The summed E-state index contributed by atoms with van der Waals surface area (Å²) in [4.78, 5) is 15.3. The molecule has 0 radical (unpaired) electrons. The van der Waals surface area contributed by atoms with E-state index in [1.165, 1.54) is 12.8 Å². The van der Waals surface area contributed by atoms with Gasteiger partial charge in [0.2, 0.25) is 0 Å². The van der Waals surface area contributed by atoms with Crippen molar-refractivity contribution >= 4 is 5.78 Å². The van der Waals surface area contributed by atoms with Crippen molar-refractivity contribution in [3.8, 4) is 5.75 Å². The highest BCUT2D eigenvalue weighted by atomic mass is 16.5. The molecule has 0 bridgehead atoms. The Balaban J connectivity index is 1.92. The average Bonchev–Trinajstić information content (AvgIpc) is 3.08. The second kappa shape index (κ2) is 6.75. The van der Waals surface area contributed by atoms with Gasteiger partial charge in [-0.05, 0) is 43.6 Å². The Morgan fingerprint density at radius 2 is 1.64 bits per heavy atom. The fourth-order valence-electron chi connectivity index (χ4n) is 3.04. The minimum absolute atomic E-state index is 0.0345. The highest BCUT2D eigenvalue weighted by molar-refractivity contribution is 6.11. The molecule has 0 N–H and O–H groups in total. The second-order valence-corrected chi connectivity index (χ2v) is 5.67. The summed E-state index contributed by atoms with van der Waals surface area (Å²) >= 11 is 0. The van der Waals surface area contributed by atoms with Crippen molar-refractivity contribution in [1.82, 2.24) is 4.90 Å². The van der Waals surface area contributed by atoms with E-state index in [0.29, 0.717) is 11.3 Å². The molecule has 3 nitrogen and oxygen atoms in total. The molecule has 0 aliphatic carbocycles. The number of methoxy groups -OCH3 is 1. The molecule has 0 amide bonds. The highest BCUT2D eigenvalue weighted by Crippen LogP contribution is 2.24. The number of ether oxygens (including phenoxy) is 1. The molecular formula is C19H21NO2. The zero-order valence-electron chi connectivity index (χ0n) is 12.9. The van der Waals surface area contributed by atoms with Gasteiger partial charge in [0.25, 0.3) is 0 Å². The zero-order valence-corrected chi connectivity index (χ0v) is 12.9. The van der Waals surface area contributed by atoms with Gasteiger partial charge in [0.1, 0.15) is 5.75 Å². The molecule has 1 aliphatic rings. The molecule has 22 heavy (non-hydrogen) atoms. The van der Waals surface area contributed by atoms with E-state index in [9.17, 15) is 4.79 Å². The second-order valence-electron chi connectivity index (χ2n) is 5.67. The van der Waals surface area contributed by atoms with Crippen LogP contribution in [0.1, 0.15) is 34.3 Å². The monoisotopic (exact) mass is 295 g/mol. The predicted octanol–water partition coefficient (Wildman–Crippen LogP) is 3.52. The summed E-state index contributed by atoms with van der Waals surface area (Å²) in [6.07, 6.45) is 2.51. The van der Waals surface area contributed by atoms with Gasteiger partial charge >= 0.3 is 0 Å². The van der Waals surface area contributed by atoms with E-state index in [1.54, 1.807) is 7.11 Å². The van der Waals surface area contributed by atoms with Crippen molar-refractivity contribution < 1.29 is 9.53 Å². The van der Waals surface area contributed by atoms with E-state index in [2.05, 4.69) is 11.0 Å². The van der Waals surface area contributed by atoms with Gasteiger partial charge in [0.05, 0.1) is 12.7 Å². The van der Waals surface area contributed by atoms with Gasteiger partial charge in [-0.2, -0.15) is 0 Å². The Labute approximate surface area is 131 Å². The number of rotatable bonds is 5. The minimum atomic E-state index is 0.0345. The number of para-hydroxylation sites is 1. The quantitative estimate of drug-likeness (QED) is 0.790. The topological polar surface area (TPSA) is 29.5 Å². The van der Waals surface area contributed by atoms with E-state index in [0.717, 1.165) is 30.8 Å². The van der Waals surface area contributed by atoms with Crippen LogP contribution in [-0.2, 0) is 6.54 Å². The van der Waals surface area contributed by atoms with Crippen molar-refractivity contribution in [2.75, 3.05) is 20.2 Å². The van der Waals surface area contributed by atoms with Crippen LogP contribution in [0.25, 0.3) is 0 Å². The molecule has 0 spiro atoms. The lowest BCUT2D eigenvalue weighted by Gasteiger charge is -2.17. The van der Waals surface area contributed by atoms with E-state index in [1.807, 2.05) is 42.5 Å². The van der Waals surface area contributed by atoms with E-state index in [4.69, 9.17) is 4.74 Å². The Hall–Kier alpha value is -2.13. The van der Waals surface area contributed by atoms with Gasteiger partial charge in [0, 0.05) is 12.1 Å². The first-order valence-corrected chi connectivity index (χ1v) is 7.77. The highest BCUT2D eigenvalue weighted by Gasteiger charge is 2.19. The number of nitrogens with zero attached hydrogens (tertiary/aromatic N) is 1. The van der Waals surface area contributed by atoms with Gasteiger partial charge in [0.15, 0.2) is 5.78 Å². The number of benzene rings is 2. The Bertz CT molecular complexity index is 660. The normalized spacial score (nSPS) is 15.0. The van der Waals surface area contributed by atoms with Gasteiger partial charge in [-0.1, -0.05) is 36.4 Å². The number of hydrogen-bond donors (Lipinski definition) is 0. The smallest absolute Gasteiger partial charge is 0.197 e. The number of hydrogen-bond acceptors (Lipinski definition) is 3. The summed E-state index contributed by atoms with van der Waals surface area (Å²) in [5.41, 5.74) is 2.50. The molecule has 3 heteroatoms. The molecule has 0 saturated carbocycles. The summed E-state index contributed by atoms with van der Waals surface area (Å²) in [5, 5.41) is 0. The molecule has 1 aliphatic heterocycles. The van der Waals surface area contributed by atoms with Crippen LogP contribution in [0.15, 0.2) is 48.5 Å². The number of likely N-dealkylation sites (tertiary alicyclic amines) is 1. The van der Waals surface area contributed by atoms with Crippen LogP contribution in [0, 0.1) is 0 Å². The first kappa shape index (κ1) is 14.8. The molecule has 2 aromatic rings. The molecule has 0 atom stereocenters. The number of ketones is 1. The predicted molar refractivity (Wildman–Crippen MR) is 87.4 cm³/mol. The molecule has 1 heterocycles. The molecule has 3 rings (SSSR count). The molecule has 1 fully saturated rings. The van der Waals surface area contributed by atoms with E-state index >= 15 is 0 Å². The Morgan fingerprint density at radius 1 is 1.00 bits per heavy atom. The number of carbonyl (C=O) groups is 1. The van der Waals surface area contributed by atoms with Crippen molar-refractivity contribution in [2.24, 2.45) is 0 Å². The standard InChI is InChI=1S/C19H21NO2/c1-22-18-11-5-4-10-17(18)19(21)16-9-3-2-8-15(16)14-20-12-6-7-13-20/h2-5,8-11H,6-7,12-14H2,1H3. The Morgan fingerprint density at radius 3 is 2.36 bits per heavy atom. The van der Waals surface area contributed by atoms with Gasteiger partial charge in [-0.3, -0.25) is 9.69 Å².